The van der Waals surface area contributed by atoms with Crippen LogP contribution in [0.5, 0.6) is 0 Å². The lowest BCUT2D eigenvalue weighted by atomic mass is 9.67. The molecule has 1 aromatic rings. The highest BCUT2D eigenvalue weighted by molar-refractivity contribution is 7.09. The van der Waals surface area contributed by atoms with Gasteiger partial charge in [-0.2, -0.15) is 0 Å². The first kappa shape index (κ1) is 9.79. The van der Waals surface area contributed by atoms with Crippen LogP contribution in [0.15, 0.2) is 11.7 Å². The minimum atomic E-state index is 0.586. The molecule has 2 heterocycles. The van der Waals surface area contributed by atoms with Crippen molar-refractivity contribution in [3.05, 3.63) is 16.6 Å². The van der Waals surface area contributed by atoms with Gasteiger partial charge in [0, 0.05) is 29.6 Å². The topological polar surface area (TPSA) is 24.9 Å². The lowest BCUT2D eigenvalue weighted by molar-refractivity contribution is 0.0821. The summed E-state index contributed by atoms with van der Waals surface area (Å²) in [4.78, 5) is 5.66. The van der Waals surface area contributed by atoms with E-state index in [-0.39, 0.29) is 0 Å². The number of rotatable bonds is 3. The Balaban J connectivity index is 1.74. The molecule has 1 saturated heterocycles. The molecule has 15 heavy (non-hydrogen) atoms. The second-order valence-electron chi connectivity index (χ2n) is 5.09. The number of nitrogens with zero attached hydrogens (tertiary/aromatic N) is 1. The van der Waals surface area contributed by atoms with Crippen molar-refractivity contribution in [1.29, 1.82) is 0 Å². The minimum Gasteiger partial charge on any atom is -0.315 e. The van der Waals surface area contributed by atoms with Gasteiger partial charge in [-0.15, -0.1) is 11.3 Å². The van der Waals surface area contributed by atoms with Crippen LogP contribution in [0, 0.1) is 11.3 Å². The quantitative estimate of drug-likeness (QED) is 0.850. The summed E-state index contributed by atoms with van der Waals surface area (Å²) in [6, 6.07) is 0. The SMILES string of the molecule is c1ncc(CC2(C3CCCC3)CNC2)s1. The molecule has 0 atom stereocenters. The van der Waals surface area contributed by atoms with Gasteiger partial charge < -0.3 is 5.32 Å². The van der Waals surface area contributed by atoms with Crippen LogP contribution >= 0.6 is 11.3 Å². The minimum absolute atomic E-state index is 0.586. The Hall–Kier alpha value is -0.410. The summed E-state index contributed by atoms with van der Waals surface area (Å²) < 4.78 is 0. The Bertz CT molecular complexity index is 310. The van der Waals surface area contributed by atoms with Gasteiger partial charge in [0.05, 0.1) is 5.51 Å². The predicted octanol–water partition coefficient (Wildman–Crippen LogP) is 2.47. The van der Waals surface area contributed by atoms with E-state index in [4.69, 9.17) is 0 Å². The maximum atomic E-state index is 4.19. The number of aromatic nitrogens is 1. The van der Waals surface area contributed by atoms with Crippen molar-refractivity contribution in [2.75, 3.05) is 13.1 Å². The van der Waals surface area contributed by atoms with Crippen molar-refractivity contribution >= 4 is 11.3 Å². The summed E-state index contributed by atoms with van der Waals surface area (Å²) in [5.74, 6) is 0.973. The fourth-order valence-electron chi connectivity index (χ4n) is 3.22. The molecular weight excluding hydrogens is 204 g/mol. The van der Waals surface area contributed by atoms with Crippen LogP contribution in [0.1, 0.15) is 30.6 Å². The highest BCUT2D eigenvalue weighted by Gasteiger charge is 2.44. The van der Waals surface area contributed by atoms with E-state index in [9.17, 15) is 0 Å². The van der Waals surface area contributed by atoms with Crippen LogP contribution in [0.3, 0.4) is 0 Å². The Morgan fingerprint density at radius 2 is 2.20 bits per heavy atom. The second-order valence-corrected chi connectivity index (χ2v) is 6.06. The molecule has 1 aromatic heterocycles. The van der Waals surface area contributed by atoms with Gasteiger partial charge in [0.1, 0.15) is 0 Å². The van der Waals surface area contributed by atoms with Crippen LogP contribution in [0.25, 0.3) is 0 Å². The molecule has 0 radical (unpaired) electrons. The lowest BCUT2D eigenvalue weighted by Crippen LogP contribution is -2.58. The van der Waals surface area contributed by atoms with Crippen molar-refractivity contribution in [1.82, 2.24) is 10.3 Å². The van der Waals surface area contributed by atoms with Gasteiger partial charge in [0.2, 0.25) is 0 Å². The molecule has 82 valence electrons. The van der Waals surface area contributed by atoms with Gasteiger partial charge in [-0.05, 0) is 25.2 Å². The summed E-state index contributed by atoms with van der Waals surface area (Å²) in [5.41, 5.74) is 2.55. The zero-order valence-corrected chi connectivity index (χ0v) is 9.85. The predicted molar refractivity (Wildman–Crippen MR) is 63.1 cm³/mol. The summed E-state index contributed by atoms with van der Waals surface area (Å²) in [7, 11) is 0. The molecule has 0 aromatic carbocycles. The molecule has 0 bridgehead atoms. The summed E-state index contributed by atoms with van der Waals surface area (Å²) in [6.45, 7) is 2.46. The van der Waals surface area contributed by atoms with E-state index in [1.807, 2.05) is 16.8 Å². The summed E-state index contributed by atoms with van der Waals surface area (Å²) in [5, 5.41) is 3.48. The third-order valence-corrected chi connectivity index (χ3v) is 4.96. The van der Waals surface area contributed by atoms with Crippen LogP contribution in [-0.2, 0) is 6.42 Å². The molecule has 1 N–H and O–H groups in total. The van der Waals surface area contributed by atoms with Gasteiger partial charge >= 0.3 is 0 Å². The van der Waals surface area contributed by atoms with Gasteiger partial charge in [-0.25, -0.2) is 0 Å². The summed E-state index contributed by atoms with van der Waals surface area (Å²) in [6.07, 6.45) is 9.14. The molecule has 0 amide bonds. The second kappa shape index (κ2) is 3.87. The molecule has 0 spiro atoms. The van der Waals surface area contributed by atoms with E-state index in [1.54, 1.807) is 0 Å². The van der Waals surface area contributed by atoms with E-state index in [2.05, 4.69) is 16.5 Å². The molecule has 3 heteroatoms. The van der Waals surface area contributed by atoms with Crippen LogP contribution < -0.4 is 5.32 Å². The van der Waals surface area contributed by atoms with Crippen LogP contribution in [0.4, 0.5) is 0 Å². The maximum absolute atomic E-state index is 4.19. The van der Waals surface area contributed by atoms with E-state index in [1.165, 1.54) is 50.1 Å². The molecule has 0 unspecified atom stereocenters. The van der Waals surface area contributed by atoms with Crippen LogP contribution in [-0.4, -0.2) is 18.1 Å². The zero-order chi connectivity index (χ0) is 10.1. The maximum Gasteiger partial charge on any atom is 0.0794 e. The molecule has 1 saturated carbocycles. The molecule has 1 aliphatic carbocycles. The van der Waals surface area contributed by atoms with Crippen molar-refractivity contribution in [2.24, 2.45) is 11.3 Å². The molecule has 3 rings (SSSR count). The highest BCUT2D eigenvalue weighted by Crippen LogP contribution is 2.45. The number of hydrogen-bond donors (Lipinski definition) is 1. The fraction of sp³-hybridized carbons (Fsp3) is 0.750. The summed E-state index contributed by atoms with van der Waals surface area (Å²) >= 11 is 1.82. The lowest BCUT2D eigenvalue weighted by Gasteiger charge is -2.47. The largest absolute Gasteiger partial charge is 0.315 e. The highest BCUT2D eigenvalue weighted by atomic mass is 32.1. The zero-order valence-electron chi connectivity index (χ0n) is 9.04. The fourth-order valence-corrected chi connectivity index (χ4v) is 3.97. The van der Waals surface area contributed by atoms with Crippen LogP contribution in [0.2, 0.25) is 0 Å². The van der Waals surface area contributed by atoms with Gasteiger partial charge in [-0.1, -0.05) is 12.8 Å². The number of thiazole rings is 1. The normalized spacial score (nSPS) is 25.3. The third kappa shape index (κ3) is 1.72. The Kier molecular flexibility index (Phi) is 2.53. The van der Waals surface area contributed by atoms with E-state index in [0.717, 1.165) is 5.92 Å². The Morgan fingerprint density at radius 3 is 2.73 bits per heavy atom. The number of nitrogens with one attached hydrogen (secondary N) is 1. The molecular formula is C12H18N2S. The number of hydrogen-bond acceptors (Lipinski definition) is 3. The van der Waals surface area contributed by atoms with Gasteiger partial charge in [-0.3, -0.25) is 4.98 Å². The standard InChI is InChI=1S/C12H18N2S/c1-2-4-10(3-1)12(7-14-8-12)5-11-6-13-9-15-11/h6,9-10,14H,1-5,7-8H2. The van der Waals surface area contributed by atoms with Gasteiger partial charge in [0.25, 0.3) is 0 Å². The molecule has 2 fully saturated rings. The van der Waals surface area contributed by atoms with Gasteiger partial charge in [0.15, 0.2) is 0 Å². The molecule has 2 nitrogen and oxygen atoms in total. The first-order chi connectivity index (χ1) is 7.39. The Morgan fingerprint density at radius 1 is 1.40 bits per heavy atom. The average molecular weight is 222 g/mol. The first-order valence-electron chi connectivity index (χ1n) is 5.97. The molecule has 2 aliphatic rings. The van der Waals surface area contributed by atoms with Crippen molar-refractivity contribution in [3.8, 4) is 0 Å². The first-order valence-corrected chi connectivity index (χ1v) is 6.85. The van der Waals surface area contributed by atoms with E-state index >= 15 is 0 Å². The molecule has 1 aliphatic heterocycles. The van der Waals surface area contributed by atoms with Crippen molar-refractivity contribution < 1.29 is 0 Å². The third-order valence-electron chi connectivity index (χ3n) is 4.19. The Labute approximate surface area is 95.1 Å². The van der Waals surface area contributed by atoms with E-state index < -0.39 is 0 Å². The smallest absolute Gasteiger partial charge is 0.0794 e. The van der Waals surface area contributed by atoms with Crippen molar-refractivity contribution in [3.63, 3.8) is 0 Å². The average Bonchev–Trinajstić information content (AvgIpc) is 2.84. The van der Waals surface area contributed by atoms with Crippen molar-refractivity contribution in [2.45, 2.75) is 32.1 Å². The monoisotopic (exact) mass is 222 g/mol. The van der Waals surface area contributed by atoms with E-state index in [0.29, 0.717) is 5.41 Å².